The van der Waals surface area contributed by atoms with E-state index in [4.69, 9.17) is 0 Å². The van der Waals surface area contributed by atoms with Crippen LogP contribution in [0.5, 0.6) is 0 Å². The second-order valence-corrected chi connectivity index (χ2v) is 22.3. The number of thiophene rings is 5. The average molecular weight is 873 g/mol. The molecule has 6 aromatic rings. The predicted molar refractivity (Wildman–Crippen MR) is 258 cm³/mol. The zero-order valence-electron chi connectivity index (χ0n) is 35.6. The molecule has 0 N–H and O–H groups in total. The number of fused-ring (bicyclic) bond motifs is 4. The van der Waals surface area contributed by atoms with E-state index < -0.39 is 0 Å². The van der Waals surface area contributed by atoms with Crippen LogP contribution in [0.4, 0.5) is 0 Å². The highest BCUT2D eigenvalue weighted by Gasteiger charge is 2.42. The Labute approximate surface area is 367 Å². The molecule has 0 aromatic carbocycles. The van der Waals surface area contributed by atoms with Crippen LogP contribution in [0.3, 0.4) is 0 Å². The third-order valence-electron chi connectivity index (χ3n) is 12.0. The molecule has 7 rings (SSSR count). The summed E-state index contributed by atoms with van der Waals surface area (Å²) in [6, 6.07) is 14.1. The fourth-order valence-corrected chi connectivity index (χ4v) is 14.7. The molecule has 0 unspecified atom stereocenters. The summed E-state index contributed by atoms with van der Waals surface area (Å²) in [6.07, 6.45) is 25.3. The van der Waals surface area contributed by atoms with Crippen molar-refractivity contribution in [2.45, 2.75) is 169 Å². The van der Waals surface area contributed by atoms with Gasteiger partial charge in [0.2, 0.25) is 0 Å². The predicted octanol–water partition coefficient (Wildman–Crippen LogP) is 17.7. The first-order chi connectivity index (χ1) is 28.3. The Kier molecular flexibility index (Phi) is 15.6. The van der Waals surface area contributed by atoms with Gasteiger partial charge in [-0.05, 0) is 69.5 Å². The molecule has 312 valence electrons. The Hall–Kier alpha value is -2.56. The standard InChI is InChI=1S/C49H64N2O2S5/c1-6-9-12-15-18-21-24-35(25-22-19-16-13-10-7-2)51-36-31-34(5)55-44(36)45-37(51)32-41(57-45)38-28-29-40(56-38)47-43-42(46(58-47)39-27-26-33(4)54-39)48(52)50(49(43)53)30-23-20-17-14-11-8-3/h26-29,31-32,35H,6-25,30H2,1-5H3. The number of hydrogen-bond donors (Lipinski definition) is 0. The molecule has 0 fully saturated rings. The molecule has 0 spiro atoms. The highest BCUT2D eigenvalue weighted by atomic mass is 32.1. The summed E-state index contributed by atoms with van der Waals surface area (Å²) in [4.78, 5) is 39.0. The maximum Gasteiger partial charge on any atom is 0.263 e. The highest BCUT2D eigenvalue weighted by molar-refractivity contribution is 7.32. The lowest BCUT2D eigenvalue weighted by atomic mass is 9.99. The van der Waals surface area contributed by atoms with Crippen molar-refractivity contribution in [3.8, 4) is 29.3 Å². The number of carbonyl (C=O) groups excluding carboxylic acids is 2. The maximum absolute atomic E-state index is 14.2. The zero-order chi connectivity index (χ0) is 40.6. The minimum atomic E-state index is -0.109. The molecule has 1 aliphatic heterocycles. The van der Waals surface area contributed by atoms with Crippen LogP contribution >= 0.6 is 56.7 Å². The normalized spacial score (nSPS) is 13.2. The highest BCUT2D eigenvalue weighted by Crippen LogP contribution is 2.52. The van der Waals surface area contributed by atoms with Gasteiger partial charge in [-0.1, -0.05) is 130 Å². The van der Waals surface area contributed by atoms with Crippen LogP contribution in [-0.2, 0) is 0 Å². The largest absolute Gasteiger partial charge is 0.336 e. The smallest absolute Gasteiger partial charge is 0.263 e. The van der Waals surface area contributed by atoms with Gasteiger partial charge in [-0.25, -0.2) is 0 Å². The second-order valence-electron chi connectivity index (χ2n) is 16.6. The van der Waals surface area contributed by atoms with E-state index in [1.807, 2.05) is 22.7 Å². The van der Waals surface area contributed by atoms with Crippen molar-refractivity contribution in [2.24, 2.45) is 0 Å². The van der Waals surface area contributed by atoms with Gasteiger partial charge in [0, 0.05) is 41.8 Å². The summed E-state index contributed by atoms with van der Waals surface area (Å²) >= 11 is 9.02. The molecule has 1 aliphatic rings. The van der Waals surface area contributed by atoms with Crippen molar-refractivity contribution in [1.82, 2.24) is 9.47 Å². The van der Waals surface area contributed by atoms with E-state index >= 15 is 0 Å². The quantitative estimate of drug-likeness (QED) is 0.0425. The summed E-state index contributed by atoms with van der Waals surface area (Å²) < 4.78 is 5.62. The first-order valence-corrected chi connectivity index (χ1v) is 26.7. The van der Waals surface area contributed by atoms with Crippen LogP contribution in [0.2, 0.25) is 0 Å². The Morgan fingerprint density at radius 2 is 0.983 bits per heavy atom. The van der Waals surface area contributed by atoms with Crippen molar-refractivity contribution >= 4 is 88.9 Å². The monoisotopic (exact) mass is 872 g/mol. The molecule has 6 aromatic heterocycles. The van der Waals surface area contributed by atoms with E-state index in [9.17, 15) is 9.59 Å². The third kappa shape index (κ3) is 9.64. The van der Waals surface area contributed by atoms with E-state index in [-0.39, 0.29) is 11.8 Å². The molecule has 0 bridgehead atoms. The van der Waals surface area contributed by atoms with Crippen LogP contribution in [0.15, 0.2) is 36.4 Å². The van der Waals surface area contributed by atoms with Gasteiger partial charge < -0.3 is 4.57 Å². The summed E-state index contributed by atoms with van der Waals surface area (Å²) in [6.45, 7) is 11.7. The van der Waals surface area contributed by atoms with Gasteiger partial charge >= 0.3 is 0 Å². The number of unbranched alkanes of at least 4 members (excludes halogenated alkanes) is 15. The van der Waals surface area contributed by atoms with Crippen LogP contribution in [0.25, 0.3) is 49.7 Å². The van der Waals surface area contributed by atoms with Gasteiger partial charge in [0.15, 0.2) is 0 Å². The van der Waals surface area contributed by atoms with Gasteiger partial charge in [0.1, 0.15) is 0 Å². The molecule has 0 saturated carbocycles. The van der Waals surface area contributed by atoms with E-state index in [2.05, 4.69) is 75.6 Å². The summed E-state index contributed by atoms with van der Waals surface area (Å²) in [7, 11) is 0. The fraction of sp³-hybridized carbons (Fsp3) is 0.551. The van der Waals surface area contributed by atoms with E-state index in [1.54, 1.807) is 38.9 Å². The van der Waals surface area contributed by atoms with Crippen LogP contribution in [0.1, 0.15) is 186 Å². The minimum Gasteiger partial charge on any atom is -0.336 e. The van der Waals surface area contributed by atoms with Crippen LogP contribution in [-0.4, -0.2) is 27.8 Å². The number of hydrogen-bond acceptors (Lipinski definition) is 7. The zero-order valence-corrected chi connectivity index (χ0v) is 39.7. The summed E-state index contributed by atoms with van der Waals surface area (Å²) in [5.74, 6) is -0.218. The fourth-order valence-electron chi connectivity index (χ4n) is 8.88. The number of imide groups is 1. The molecule has 2 amide bonds. The van der Waals surface area contributed by atoms with E-state index in [0.29, 0.717) is 23.7 Å². The van der Waals surface area contributed by atoms with Crippen LogP contribution < -0.4 is 0 Å². The lowest BCUT2D eigenvalue weighted by Crippen LogP contribution is -2.31. The second kappa shape index (κ2) is 20.8. The Morgan fingerprint density at radius 1 is 0.483 bits per heavy atom. The van der Waals surface area contributed by atoms with Crippen molar-refractivity contribution in [3.05, 3.63) is 57.3 Å². The molecule has 9 heteroatoms. The van der Waals surface area contributed by atoms with Crippen molar-refractivity contribution in [3.63, 3.8) is 0 Å². The van der Waals surface area contributed by atoms with Gasteiger partial charge in [0.25, 0.3) is 11.8 Å². The molecular formula is C49H64N2O2S5. The number of nitrogens with zero attached hydrogens (tertiary/aromatic N) is 2. The molecule has 58 heavy (non-hydrogen) atoms. The lowest BCUT2D eigenvalue weighted by molar-refractivity contribution is 0.0652. The lowest BCUT2D eigenvalue weighted by Gasteiger charge is -2.21. The average Bonchev–Trinajstić information content (AvgIpc) is 4.08. The molecule has 4 nitrogen and oxygen atoms in total. The van der Waals surface area contributed by atoms with E-state index in [1.165, 1.54) is 149 Å². The van der Waals surface area contributed by atoms with Gasteiger partial charge in [-0.3, -0.25) is 14.5 Å². The Morgan fingerprint density at radius 3 is 1.57 bits per heavy atom. The number of carbonyl (C=O) groups is 2. The number of aryl methyl sites for hydroxylation is 2. The van der Waals surface area contributed by atoms with E-state index in [0.717, 1.165) is 38.8 Å². The first-order valence-electron chi connectivity index (χ1n) is 22.6. The minimum absolute atomic E-state index is 0.109. The summed E-state index contributed by atoms with van der Waals surface area (Å²) in [5.41, 5.74) is 4.09. The first kappa shape index (κ1) is 43.5. The molecule has 0 saturated heterocycles. The van der Waals surface area contributed by atoms with Crippen molar-refractivity contribution < 1.29 is 9.59 Å². The number of rotatable bonds is 25. The third-order valence-corrected chi connectivity index (χ3v) is 18.2. The Balaban J connectivity index is 1.19. The summed E-state index contributed by atoms with van der Waals surface area (Å²) in [5, 5.41) is 0. The number of aromatic nitrogens is 1. The molecule has 0 atom stereocenters. The SMILES string of the molecule is CCCCCCCCC(CCCCCCCC)n1c2cc(C)sc2c2sc(-c3ccc(-c4sc(-c5ccc(C)s5)c5c4C(=O)N(CCCCCCCC)C5=O)s3)cc21. The van der Waals surface area contributed by atoms with Crippen LogP contribution in [0, 0.1) is 13.8 Å². The molecule has 0 radical (unpaired) electrons. The topological polar surface area (TPSA) is 42.3 Å². The molecule has 7 heterocycles. The van der Waals surface area contributed by atoms with Crippen molar-refractivity contribution in [1.29, 1.82) is 0 Å². The molecule has 0 aliphatic carbocycles. The Bertz CT molecular complexity index is 2260. The van der Waals surface area contributed by atoms with Gasteiger partial charge in [-0.15, -0.1) is 56.7 Å². The molecular weight excluding hydrogens is 809 g/mol. The van der Waals surface area contributed by atoms with Gasteiger partial charge in [-0.2, -0.15) is 0 Å². The maximum atomic E-state index is 14.2. The van der Waals surface area contributed by atoms with Crippen molar-refractivity contribution in [2.75, 3.05) is 6.54 Å². The van der Waals surface area contributed by atoms with Gasteiger partial charge in [0.05, 0.1) is 41.3 Å². The number of amides is 2.